The quantitative estimate of drug-likeness (QED) is 0.721. The fourth-order valence-corrected chi connectivity index (χ4v) is 2.18. The first kappa shape index (κ1) is 17.3. The van der Waals surface area contributed by atoms with Gasteiger partial charge >= 0.3 is 5.97 Å². The van der Waals surface area contributed by atoms with E-state index in [1.165, 1.54) is 0 Å². The second-order valence-corrected chi connectivity index (χ2v) is 5.73. The average molecular weight is 292 g/mol. The molecule has 0 fully saturated rings. The Kier molecular flexibility index (Phi) is 7.05. The Morgan fingerprint density at radius 2 is 1.81 bits per heavy atom. The second-order valence-electron chi connectivity index (χ2n) is 5.73. The molecule has 0 aliphatic carbocycles. The number of hydrogen-bond acceptors (Lipinski definition) is 4. The third-order valence-corrected chi connectivity index (χ3v) is 3.13. The summed E-state index contributed by atoms with van der Waals surface area (Å²) in [5.41, 5.74) is 6.84. The molecule has 0 saturated carbocycles. The predicted octanol–water partition coefficient (Wildman–Crippen LogP) is 1.52. The van der Waals surface area contributed by atoms with Crippen LogP contribution in [0.2, 0.25) is 0 Å². The molecule has 0 aliphatic rings. The van der Waals surface area contributed by atoms with Gasteiger partial charge in [0.05, 0.1) is 19.1 Å². The number of carboxylic acid groups (broad SMARTS) is 1. The Morgan fingerprint density at radius 1 is 1.19 bits per heavy atom. The molecule has 1 atom stereocenters. The molecule has 0 aromatic heterocycles. The summed E-state index contributed by atoms with van der Waals surface area (Å²) in [4.78, 5) is 24.7. The van der Waals surface area contributed by atoms with Gasteiger partial charge in [0.15, 0.2) is 5.78 Å². The molecule has 1 aromatic rings. The highest BCUT2D eigenvalue weighted by molar-refractivity contribution is 5.86. The van der Waals surface area contributed by atoms with Crippen LogP contribution in [0.1, 0.15) is 25.8 Å². The first-order valence-corrected chi connectivity index (χ1v) is 7.15. The van der Waals surface area contributed by atoms with Gasteiger partial charge < -0.3 is 10.8 Å². The molecule has 0 heterocycles. The zero-order chi connectivity index (χ0) is 15.8. The molecule has 0 saturated heterocycles. The molecule has 5 nitrogen and oxygen atoms in total. The van der Waals surface area contributed by atoms with Crippen molar-refractivity contribution < 1.29 is 14.7 Å². The van der Waals surface area contributed by atoms with Crippen LogP contribution in [-0.4, -0.2) is 40.9 Å². The zero-order valence-electron chi connectivity index (χ0n) is 12.7. The third kappa shape index (κ3) is 7.02. The van der Waals surface area contributed by atoms with Gasteiger partial charge in [-0.25, -0.2) is 0 Å². The lowest BCUT2D eigenvalue weighted by molar-refractivity contribution is -0.138. The molecule has 0 bridgehead atoms. The van der Waals surface area contributed by atoms with Crippen molar-refractivity contribution in [2.24, 2.45) is 11.7 Å². The number of nitrogens with zero attached hydrogens (tertiary/aromatic N) is 1. The maximum atomic E-state index is 12.1. The topological polar surface area (TPSA) is 83.6 Å². The minimum atomic E-state index is -0.948. The minimum Gasteiger partial charge on any atom is -0.480 e. The minimum absolute atomic E-state index is 0.0646. The smallest absolute Gasteiger partial charge is 0.317 e. The van der Waals surface area contributed by atoms with E-state index >= 15 is 0 Å². The van der Waals surface area contributed by atoms with Crippen molar-refractivity contribution in [3.8, 4) is 0 Å². The van der Waals surface area contributed by atoms with Crippen molar-refractivity contribution >= 4 is 11.8 Å². The van der Waals surface area contributed by atoms with E-state index in [-0.39, 0.29) is 18.9 Å². The lowest BCUT2D eigenvalue weighted by Gasteiger charge is -2.22. The lowest BCUT2D eigenvalue weighted by atomic mass is 10.0. The van der Waals surface area contributed by atoms with Gasteiger partial charge in [-0.1, -0.05) is 44.2 Å². The molecule has 116 valence electrons. The number of carboxylic acids is 1. The highest BCUT2D eigenvalue weighted by atomic mass is 16.4. The van der Waals surface area contributed by atoms with Crippen molar-refractivity contribution in [2.75, 3.05) is 13.1 Å². The van der Waals surface area contributed by atoms with Crippen molar-refractivity contribution in [2.45, 2.75) is 32.9 Å². The van der Waals surface area contributed by atoms with Gasteiger partial charge in [-0.3, -0.25) is 14.5 Å². The number of ketones is 1. The number of carbonyl (C=O) groups is 2. The van der Waals surface area contributed by atoms with Gasteiger partial charge in [-0.05, 0) is 17.9 Å². The number of rotatable bonds is 9. The van der Waals surface area contributed by atoms with Crippen LogP contribution in [0.15, 0.2) is 30.3 Å². The molecular weight excluding hydrogens is 268 g/mol. The van der Waals surface area contributed by atoms with E-state index in [4.69, 9.17) is 10.8 Å². The van der Waals surface area contributed by atoms with E-state index in [1.54, 1.807) is 4.90 Å². The number of aliphatic carboxylic acids is 1. The van der Waals surface area contributed by atoms with E-state index in [0.717, 1.165) is 5.56 Å². The summed E-state index contributed by atoms with van der Waals surface area (Å²) in [6.45, 7) is 4.33. The maximum absolute atomic E-state index is 12.1. The summed E-state index contributed by atoms with van der Waals surface area (Å²) in [6, 6.07) is 8.97. The van der Waals surface area contributed by atoms with Gasteiger partial charge in [-0.2, -0.15) is 0 Å². The molecule has 0 radical (unpaired) electrons. The van der Waals surface area contributed by atoms with Gasteiger partial charge in [-0.15, -0.1) is 0 Å². The molecule has 1 aromatic carbocycles. The normalized spacial score (nSPS) is 12.6. The lowest BCUT2D eigenvalue weighted by Crippen LogP contribution is -2.42. The third-order valence-electron chi connectivity index (χ3n) is 3.13. The summed E-state index contributed by atoms with van der Waals surface area (Å²) >= 11 is 0. The van der Waals surface area contributed by atoms with Crippen LogP contribution in [0.3, 0.4) is 0 Å². The first-order valence-electron chi connectivity index (χ1n) is 7.15. The number of nitrogens with two attached hydrogens (primary N) is 1. The van der Waals surface area contributed by atoms with Crippen LogP contribution >= 0.6 is 0 Å². The number of carbonyl (C=O) groups excluding carboxylic acids is 1. The van der Waals surface area contributed by atoms with Gasteiger partial charge in [0.2, 0.25) is 0 Å². The van der Waals surface area contributed by atoms with Gasteiger partial charge in [0.25, 0.3) is 0 Å². The number of benzene rings is 1. The van der Waals surface area contributed by atoms with Crippen LogP contribution in [0, 0.1) is 5.92 Å². The number of hydrogen-bond donors (Lipinski definition) is 2. The molecule has 1 rings (SSSR count). The SMILES string of the molecule is CC(C)CC(N)C(=O)CN(CC(=O)O)Cc1ccccc1. The van der Waals surface area contributed by atoms with Crippen molar-refractivity contribution in [3.05, 3.63) is 35.9 Å². The predicted molar refractivity (Wildman–Crippen MR) is 81.8 cm³/mol. The number of Topliss-reactive ketones (excluding diaryl/α,β-unsaturated/α-hetero) is 1. The Labute approximate surface area is 125 Å². The molecule has 0 aliphatic heterocycles. The van der Waals surface area contributed by atoms with E-state index < -0.39 is 12.0 Å². The van der Waals surface area contributed by atoms with Crippen molar-refractivity contribution in [1.29, 1.82) is 0 Å². The van der Waals surface area contributed by atoms with E-state index in [1.807, 2.05) is 44.2 Å². The van der Waals surface area contributed by atoms with E-state index in [9.17, 15) is 9.59 Å². The highest BCUT2D eigenvalue weighted by Gasteiger charge is 2.20. The Bertz CT molecular complexity index is 460. The molecular formula is C16H24N2O3. The Morgan fingerprint density at radius 3 is 2.33 bits per heavy atom. The fourth-order valence-electron chi connectivity index (χ4n) is 2.18. The second kappa shape index (κ2) is 8.54. The van der Waals surface area contributed by atoms with Gasteiger partial charge in [0, 0.05) is 6.54 Å². The van der Waals surface area contributed by atoms with Crippen molar-refractivity contribution in [3.63, 3.8) is 0 Å². The highest BCUT2D eigenvalue weighted by Crippen LogP contribution is 2.07. The summed E-state index contributed by atoms with van der Waals surface area (Å²) in [7, 11) is 0. The van der Waals surface area contributed by atoms with Crippen LogP contribution in [0.5, 0.6) is 0 Å². The molecule has 0 spiro atoms. The molecule has 3 N–H and O–H groups in total. The molecule has 21 heavy (non-hydrogen) atoms. The largest absolute Gasteiger partial charge is 0.480 e. The summed E-state index contributed by atoms with van der Waals surface area (Å²) in [5, 5.41) is 8.97. The monoisotopic (exact) mass is 292 g/mol. The van der Waals surface area contributed by atoms with Crippen LogP contribution in [0.4, 0.5) is 0 Å². The van der Waals surface area contributed by atoms with E-state index in [2.05, 4.69) is 0 Å². The Balaban J connectivity index is 2.65. The van der Waals surface area contributed by atoms with Crippen molar-refractivity contribution in [1.82, 2.24) is 4.90 Å². The zero-order valence-corrected chi connectivity index (χ0v) is 12.7. The molecule has 1 unspecified atom stereocenters. The average Bonchev–Trinajstić information content (AvgIpc) is 2.38. The fraction of sp³-hybridized carbons (Fsp3) is 0.500. The van der Waals surface area contributed by atoms with Gasteiger partial charge in [0.1, 0.15) is 0 Å². The standard InChI is InChI=1S/C16H24N2O3/c1-12(2)8-14(17)15(19)10-18(11-16(20)21)9-13-6-4-3-5-7-13/h3-7,12,14H,8-11,17H2,1-2H3,(H,20,21). The molecule has 5 heteroatoms. The summed E-state index contributed by atoms with van der Waals surface area (Å²) < 4.78 is 0. The Hall–Kier alpha value is -1.72. The maximum Gasteiger partial charge on any atom is 0.317 e. The summed E-state index contributed by atoms with van der Waals surface area (Å²) in [6.07, 6.45) is 0.616. The summed E-state index contributed by atoms with van der Waals surface area (Å²) in [5.74, 6) is -0.719. The first-order chi connectivity index (χ1) is 9.88. The van der Waals surface area contributed by atoms with Crippen LogP contribution < -0.4 is 5.73 Å². The van der Waals surface area contributed by atoms with Crippen LogP contribution in [-0.2, 0) is 16.1 Å². The molecule has 0 amide bonds. The van der Waals surface area contributed by atoms with Crippen LogP contribution in [0.25, 0.3) is 0 Å². The van der Waals surface area contributed by atoms with E-state index in [0.29, 0.717) is 18.9 Å².